The minimum absolute atomic E-state index is 0.0185. The first-order chi connectivity index (χ1) is 13.9. The number of piperidine rings is 1. The topological polar surface area (TPSA) is 113 Å². The van der Waals surface area contributed by atoms with Crippen LogP contribution in [0, 0.1) is 0 Å². The molecule has 3 aliphatic rings. The third kappa shape index (κ3) is 3.97. The molecule has 2 atom stereocenters. The molecule has 1 aromatic rings. The fourth-order valence-electron chi connectivity index (χ4n) is 4.45. The van der Waals surface area contributed by atoms with E-state index in [4.69, 9.17) is 4.74 Å². The third-order valence-electron chi connectivity index (χ3n) is 6.12. The molecule has 1 aromatic heterocycles. The molecule has 2 fully saturated rings. The fourth-order valence-corrected chi connectivity index (χ4v) is 5.50. The Morgan fingerprint density at radius 1 is 1.24 bits per heavy atom. The normalized spacial score (nSPS) is 25.8. The van der Waals surface area contributed by atoms with Crippen molar-refractivity contribution in [1.82, 2.24) is 19.2 Å². The van der Waals surface area contributed by atoms with Gasteiger partial charge in [-0.25, -0.2) is 13.4 Å². The molecule has 4 rings (SSSR count). The number of aromatic nitrogens is 2. The predicted octanol–water partition coefficient (Wildman–Crippen LogP) is 0.710. The number of rotatable bonds is 4. The summed E-state index contributed by atoms with van der Waals surface area (Å²) in [6, 6.07) is -0.309. The zero-order valence-electron chi connectivity index (χ0n) is 16.7. The number of aromatic amines is 1. The van der Waals surface area contributed by atoms with Crippen molar-refractivity contribution in [2.45, 2.75) is 64.1 Å². The molecule has 0 unspecified atom stereocenters. The average Bonchev–Trinajstić information content (AvgIpc) is 3.27. The number of likely N-dealkylation sites (tertiary alicyclic amines) is 1. The highest BCUT2D eigenvalue weighted by molar-refractivity contribution is 7.89. The molecule has 160 valence electrons. The summed E-state index contributed by atoms with van der Waals surface area (Å²) in [6.07, 6.45) is 4.11. The van der Waals surface area contributed by atoms with E-state index in [2.05, 4.69) is 9.97 Å². The Kier molecular flexibility index (Phi) is 5.76. The van der Waals surface area contributed by atoms with Gasteiger partial charge in [-0.1, -0.05) is 0 Å². The summed E-state index contributed by atoms with van der Waals surface area (Å²) >= 11 is 0. The number of hydrogen-bond acceptors (Lipinski definition) is 6. The van der Waals surface area contributed by atoms with Crippen molar-refractivity contribution >= 4 is 15.9 Å². The van der Waals surface area contributed by atoms with E-state index < -0.39 is 16.1 Å². The van der Waals surface area contributed by atoms with Crippen LogP contribution in [-0.4, -0.2) is 65.1 Å². The predicted molar refractivity (Wildman–Crippen MR) is 106 cm³/mol. The number of nitrogens with one attached hydrogen (secondary N) is 1. The van der Waals surface area contributed by atoms with Gasteiger partial charge in [0.05, 0.1) is 24.0 Å². The van der Waals surface area contributed by atoms with Crippen molar-refractivity contribution in [1.29, 1.82) is 0 Å². The molecule has 1 N–H and O–H groups in total. The summed E-state index contributed by atoms with van der Waals surface area (Å²) in [6.45, 7) is 3.22. The van der Waals surface area contributed by atoms with E-state index in [0.717, 1.165) is 32.1 Å². The van der Waals surface area contributed by atoms with Crippen LogP contribution in [0.15, 0.2) is 4.79 Å². The Labute approximate surface area is 170 Å². The van der Waals surface area contributed by atoms with Crippen molar-refractivity contribution in [3.05, 3.63) is 27.4 Å². The van der Waals surface area contributed by atoms with Crippen LogP contribution < -0.4 is 5.56 Å². The first kappa shape index (κ1) is 20.5. The molecule has 0 spiro atoms. The second-order valence-electron chi connectivity index (χ2n) is 7.91. The maximum atomic E-state index is 13.0. The molecule has 0 saturated carbocycles. The van der Waals surface area contributed by atoms with Gasteiger partial charge >= 0.3 is 0 Å². The van der Waals surface area contributed by atoms with Gasteiger partial charge < -0.3 is 14.6 Å². The molecule has 10 heteroatoms. The van der Waals surface area contributed by atoms with Crippen LogP contribution in [0.4, 0.5) is 0 Å². The zero-order chi connectivity index (χ0) is 20.6. The number of ether oxygens (including phenoxy) is 1. The van der Waals surface area contributed by atoms with E-state index in [1.165, 1.54) is 4.31 Å². The van der Waals surface area contributed by atoms with Crippen molar-refractivity contribution in [2.24, 2.45) is 0 Å². The number of hydrogen-bond donors (Lipinski definition) is 1. The summed E-state index contributed by atoms with van der Waals surface area (Å²) in [4.78, 5) is 35.0. The number of carbonyl (C=O) groups excluding carboxylic acids is 1. The van der Waals surface area contributed by atoms with Gasteiger partial charge in [-0.05, 0) is 45.4 Å². The minimum Gasteiger partial charge on any atom is -0.368 e. The van der Waals surface area contributed by atoms with Crippen LogP contribution in [0.5, 0.6) is 0 Å². The highest BCUT2D eigenvalue weighted by Crippen LogP contribution is 2.31. The lowest BCUT2D eigenvalue weighted by atomic mass is 9.99. The molecular weight excluding hydrogens is 396 g/mol. The molecule has 2 saturated heterocycles. The summed E-state index contributed by atoms with van der Waals surface area (Å²) in [5.41, 5.74) is 0.819. The second-order valence-corrected chi connectivity index (χ2v) is 10.2. The van der Waals surface area contributed by atoms with Gasteiger partial charge in [0, 0.05) is 25.3 Å². The van der Waals surface area contributed by atoms with Gasteiger partial charge in [0.25, 0.3) is 11.5 Å². The Hall–Kier alpha value is -1.78. The van der Waals surface area contributed by atoms with Crippen LogP contribution in [0.25, 0.3) is 0 Å². The third-order valence-corrected chi connectivity index (χ3v) is 7.95. The fraction of sp³-hybridized carbons (Fsp3) is 0.737. The Bertz CT molecular complexity index is 938. The van der Waals surface area contributed by atoms with Gasteiger partial charge in [0.15, 0.2) is 0 Å². The summed E-state index contributed by atoms with van der Waals surface area (Å²) in [7, 11) is -3.35. The van der Waals surface area contributed by atoms with Gasteiger partial charge in [-0.3, -0.25) is 9.59 Å². The van der Waals surface area contributed by atoms with Crippen LogP contribution in [0.1, 0.15) is 62.2 Å². The molecule has 0 aromatic carbocycles. The highest BCUT2D eigenvalue weighted by Gasteiger charge is 2.36. The first-order valence-electron chi connectivity index (χ1n) is 10.4. The maximum absolute atomic E-state index is 13.0. The van der Waals surface area contributed by atoms with Crippen molar-refractivity contribution in [3.8, 4) is 0 Å². The van der Waals surface area contributed by atoms with Gasteiger partial charge in [0.1, 0.15) is 11.9 Å². The summed E-state index contributed by atoms with van der Waals surface area (Å²) in [5, 5.41) is 0. The molecular formula is C19H28N4O5S. The Morgan fingerprint density at radius 2 is 2.07 bits per heavy atom. The summed E-state index contributed by atoms with van der Waals surface area (Å²) < 4.78 is 31.5. The number of fused-ring (bicyclic) bond motifs is 1. The van der Waals surface area contributed by atoms with Crippen molar-refractivity contribution < 1.29 is 17.9 Å². The smallest absolute Gasteiger partial charge is 0.254 e. The van der Waals surface area contributed by atoms with Gasteiger partial charge in [-0.2, -0.15) is 4.31 Å². The van der Waals surface area contributed by atoms with Crippen LogP contribution in [0.3, 0.4) is 0 Å². The van der Waals surface area contributed by atoms with E-state index in [0.29, 0.717) is 43.2 Å². The number of amides is 1. The lowest BCUT2D eigenvalue weighted by Crippen LogP contribution is -2.45. The number of carbonyl (C=O) groups is 1. The largest absolute Gasteiger partial charge is 0.368 e. The van der Waals surface area contributed by atoms with Crippen molar-refractivity contribution in [2.75, 3.05) is 25.4 Å². The Morgan fingerprint density at radius 3 is 2.79 bits per heavy atom. The van der Waals surface area contributed by atoms with Crippen molar-refractivity contribution in [3.63, 3.8) is 0 Å². The number of H-pyrrole nitrogens is 1. The lowest BCUT2D eigenvalue weighted by molar-refractivity contribution is -0.145. The SMILES string of the molecule is CCS(=O)(=O)N1CCc2c(nc([C@@H]3CCCCN3C(=O)[C@H]3CCCO3)[nH]c2=O)C1. The average molecular weight is 425 g/mol. The second kappa shape index (κ2) is 8.16. The van der Waals surface area contributed by atoms with Crippen LogP contribution >= 0.6 is 0 Å². The molecule has 0 radical (unpaired) electrons. The molecule has 3 aliphatic heterocycles. The maximum Gasteiger partial charge on any atom is 0.254 e. The lowest BCUT2D eigenvalue weighted by Gasteiger charge is -2.37. The van der Waals surface area contributed by atoms with Crippen LogP contribution in [-0.2, 0) is 32.5 Å². The highest BCUT2D eigenvalue weighted by atomic mass is 32.2. The standard InChI is InChI=1S/C19H28N4O5S/c1-2-29(26,27)22-10-8-13-14(12-22)20-17(21-18(13)24)15-6-3-4-9-23(15)19(25)16-7-5-11-28-16/h15-16H,2-12H2,1H3,(H,20,21,24)/t15-,16+/m0/s1. The first-order valence-corrected chi connectivity index (χ1v) is 12.0. The van der Waals surface area contributed by atoms with Gasteiger partial charge in [0.2, 0.25) is 10.0 Å². The van der Waals surface area contributed by atoms with E-state index in [1.807, 2.05) is 0 Å². The van der Waals surface area contributed by atoms with E-state index in [9.17, 15) is 18.0 Å². The monoisotopic (exact) mass is 424 g/mol. The molecule has 9 nitrogen and oxygen atoms in total. The quantitative estimate of drug-likeness (QED) is 0.762. The Balaban J connectivity index is 1.64. The molecule has 4 heterocycles. The molecule has 0 aliphatic carbocycles. The van der Waals surface area contributed by atoms with E-state index >= 15 is 0 Å². The van der Waals surface area contributed by atoms with Crippen LogP contribution in [0.2, 0.25) is 0 Å². The van der Waals surface area contributed by atoms with E-state index in [1.54, 1.807) is 11.8 Å². The number of sulfonamides is 1. The molecule has 0 bridgehead atoms. The summed E-state index contributed by atoms with van der Waals surface area (Å²) in [5.74, 6) is 0.434. The van der Waals surface area contributed by atoms with E-state index in [-0.39, 0.29) is 29.8 Å². The minimum atomic E-state index is -3.35. The zero-order valence-corrected chi connectivity index (χ0v) is 17.5. The van der Waals surface area contributed by atoms with Gasteiger partial charge in [-0.15, -0.1) is 0 Å². The molecule has 29 heavy (non-hydrogen) atoms. The number of nitrogens with zero attached hydrogens (tertiary/aromatic N) is 3. The molecule has 1 amide bonds.